The molecule has 4 nitrogen and oxygen atoms in total. The van der Waals surface area contributed by atoms with E-state index in [4.69, 9.17) is 15.7 Å². The van der Waals surface area contributed by atoms with Gasteiger partial charge < -0.3 is 5.73 Å². The number of hydrogen-bond donors (Lipinski definition) is 1. The lowest BCUT2D eigenvalue weighted by Gasteiger charge is -2.43. The van der Waals surface area contributed by atoms with E-state index in [0.29, 0.717) is 23.9 Å². The van der Waals surface area contributed by atoms with E-state index in [1.165, 1.54) is 41.8 Å². The zero-order chi connectivity index (χ0) is 20.8. The first-order valence-corrected chi connectivity index (χ1v) is 11.4. The largest absolute Gasteiger partial charge is 0.330 e. The first-order valence-electron chi connectivity index (χ1n) is 11.4. The van der Waals surface area contributed by atoms with Crippen LogP contribution in [0.5, 0.6) is 0 Å². The number of nitrogens with two attached hydrogens (primary N) is 1. The molecule has 1 aliphatic rings. The van der Waals surface area contributed by atoms with Crippen LogP contribution in [0.2, 0.25) is 0 Å². The summed E-state index contributed by atoms with van der Waals surface area (Å²) in [5.74, 6) is 0.956. The first kappa shape index (κ1) is 21.9. The normalized spacial score (nSPS) is 20.5. The number of piperidine rings is 1. The first-order chi connectivity index (χ1) is 14.0. The Labute approximate surface area is 176 Å². The molecule has 2 aromatic rings. The van der Waals surface area contributed by atoms with Gasteiger partial charge in [-0.15, -0.1) is 0 Å². The second-order valence-electron chi connectivity index (χ2n) is 8.96. The van der Waals surface area contributed by atoms with E-state index in [2.05, 4.69) is 56.9 Å². The molecule has 0 bridgehead atoms. The highest BCUT2D eigenvalue weighted by Crippen LogP contribution is 2.43. The van der Waals surface area contributed by atoms with E-state index in [9.17, 15) is 0 Å². The Bertz CT molecular complexity index is 711. The van der Waals surface area contributed by atoms with Gasteiger partial charge in [-0.3, -0.25) is 14.9 Å². The summed E-state index contributed by atoms with van der Waals surface area (Å²) in [5.41, 5.74) is 11.1. The molecular weight excluding hydrogens is 356 g/mol. The molecule has 0 saturated carbocycles. The van der Waals surface area contributed by atoms with E-state index >= 15 is 0 Å². The van der Waals surface area contributed by atoms with Gasteiger partial charge in [0.15, 0.2) is 0 Å². The van der Waals surface area contributed by atoms with Crippen LogP contribution in [0.25, 0.3) is 0 Å². The Hall–Kier alpha value is -1.78. The van der Waals surface area contributed by atoms with Crippen LogP contribution in [0.3, 0.4) is 0 Å². The van der Waals surface area contributed by atoms with Crippen LogP contribution in [0, 0.1) is 0 Å². The molecule has 2 aromatic heterocycles. The van der Waals surface area contributed by atoms with Crippen molar-refractivity contribution in [3.63, 3.8) is 0 Å². The van der Waals surface area contributed by atoms with E-state index in [1.807, 2.05) is 12.4 Å². The zero-order valence-corrected chi connectivity index (χ0v) is 18.6. The van der Waals surface area contributed by atoms with Crippen molar-refractivity contribution in [2.75, 3.05) is 13.1 Å². The van der Waals surface area contributed by atoms with Crippen molar-refractivity contribution in [1.82, 2.24) is 14.9 Å². The van der Waals surface area contributed by atoms with Gasteiger partial charge in [-0.25, -0.2) is 0 Å². The minimum atomic E-state index is 0.354. The lowest BCUT2D eigenvalue weighted by atomic mass is 9.85. The van der Waals surface area contributed by atoms with E-state index < -0.39 is 0 Å². The van der Waals surface area contributed by atoms with Gasteiger partial charge in [0.05, 0.1) is 23.5 Å². The average Bonchev–Trinajstić information content (AvgIpc) is 2.74. The second-order valence-corrected chi connectivity index (χ2v) is 8.96. The minimum absolute atomic E-state index is 0.354. The third-order valence-corrected chi connectivity index (χ3v) is 6.24. The van der Waals surface area contributed by atoms with Gasteiger partial charge >= 0.3 is 0 Å². The topological polar surface area (TPSA) is 55.0 Å². The molecule has 1 fully saturated rings. The Kier molecular flexibility index (Phi) is 7.79. The van der Waals surface area contributed by atoms with E-state index in [1.54, 1.807) is 0 Å². The van der Waals surface area contributed by atoms with Crippen LogP contribution in [0.1, 0.15) is 106 Å². The number of unbranched alkanes of at least 4 members (excludes halogenated alkanes) is 1. The molecule has 0 unspecified atom stereocenters. The van der Waals surface area contributed by atoms with Crippen molar-refractivity contribution in [3.8, 4) is 0 Å². The highest BCUT2D eigenvalue weighted by molar-refractivity contribution is 5.30. The molecule has 0 amide bonds. The lowest BCUT2D eigenvalue weighted by molar-refractivity contribution is 0.0738. The van der Waals surface area contributed by atoms with Crippen LogP contribution in [-0.2, 0) is 0 Å². The number of hydrogen-bond acceptors (Lipinski definition) is 4. The van der Waals surface area contributed by atoms with E-state index in [-0.39, 0.29) is 0 Å². The van der Waals surface area contributed by atoms with Gasteiger partial charge in [-0.1, -0.05) is 39.8 Å². The van der Waals surface area contributed by atoms with Crippen molar-refractivity contribution >= 4 is 0 Å². The Morgan fingerprint density at radius 1 is 0.897 bits per heavy atom. The smallest absolute Gasteiger partial charge is 0.0610 e. The minimum Gasteiger partial charge on any atom is -0.330 e. The van der Waals surface area contributed by atoms with Crippen LogP contribution < -0.4 is 5.73 Å². The second kappa shape index (κ2) is 10.3. The standard InChI is InChI=1S/C25H38N4/c1-18(2)20-10-8-15-27-24(20)22-12-7-13-23(29(22)17-6-5-14-26)25-21(19(3)4)11-9-16-28-25/h8-11,15-16,18-19,22-23H,5-7,12-14,17,26H2,1-4H3/t22-,23+. The summed E-state index contributed by atoms with van der Waals surface area (Å²) in [6.07, 6.45) is 9.66. The van der Waals surface area contributed by atoms with Gasteiger partial charge in [-0.05, 0) is 80.3 Å². The average molecular weight is 395 g/mol. The molecule has 3 rings (SSSR count). The fraction of sp³-hybridized carbons (Fsp3) is 0.600. The van der Waals surface area contributed by atoms with Crippen molar-refractivity contribution in [3.05, 3.63) is 59.2 Å². The Morgan fingerprint density at radius 3 is 1.86 bits per heavy atom. The maximum Gasteiger partial charge on any atom is 0.0610 e. The van der Waals surface area contributed by atoms with Crippen LogP contribution >= 0.6 is 0 Å². The van der Waals surface area contributed by atoms with Crippen molar-refractivity contribution in [2.45, 2.75) is 83.7 Å². The lowest BCUT2D eigenvalue weighted by Crippen LogP contribution is -2.39. The van der Waals surface area contributed by atoms with Gasteiger partial charge in [0.25, 0.3) is 0 Å². The number of nitrogens with zero attached hydrogens (tertiary/aromatic N) is 3. The molecule has 1 saturated heterocycles. The fourth-order valence-corrected chi connectivity index (χ4v) is 4.78. The van der Waals surface area contributed by atoms with Crippen LogP contribution in [0.15, 0.2) is 36.7 Å². The van der Waals surface area contributed by atoms with Crippen LogP contribution in [-0.4, -0.2) is 28.0 Å². The highest BCUT2D eigenvalue weighted by Gasteiger charge is 2.36. The Balaban J connectivity index is 2.01. The molecule has 2 N–H and O–H groups in total. The number of pyridine rings is 2. The third-order valence-electron chi connectivity index (χ3n) is 6.24. The molecule has 1 aliphatic heterocycles. The van der Waals surface area contributed by atoms with E-state index in [0.717, 1.165) is 25.9 Å². The summed E-state index contributed by atoms with van der Waals surface area (Å²) in [6, 6.07) is 9.38. The summed E-state index contributed by atoms with van der Waals surface area (Å²) < 4.78 is 0. The quantitative estimate of drug-likeness (QED) is 0.581. The molecule has 0 spiro atoms. The van der Waals surface area contributed by atoms with Crippen molar-refractivity contribution in [2.24, 2.45) is 5.73 Å². The van der Waals surface area contributed by atoms with Crippen molar-refractivity contribution < 1.29 is 0 Å². The van der Waals surface area contributed by atoms with Gasteiger partial charge in [0.2, 0.25) is 0 Å². The number of likely N-dealkylation sites (tertiary alicyclic amines) is 1. The predicted molar refractivity (Wildman–Crippen MR) is 121 cm³/mol. The molecule has 2 atom stereocenters. The molecule has 158 valence electrons. The summed E-state index contributed by atoms with van der Waals surface area (Å²) in [5, 5.41) is 0. The summed E-state index contributed by atoms with van der Waals surface area (Å²) >= 11 is 0. The molecule has 0 aromatic carbocycles. The highest BCUT2D eigenvalue weighted by atomic mass is 15.2. The third kappa shape index (κ3) is 5.04. The van der Waals surface area contributed by atoms with Gasteiger partial charge in [0, 0.05) is 12.4 Å². The predicted octanol–water partition coefficient (Wildman–Crippen LogP) is 5.73. The zero-order valence-electron chi connectivity index (χ0n) is 18.6. The molecular formula is C25H38N4. The SMILES string of the molecule is CC(C)c1cccnc1[C@H]1CCC[C@@H](c2ncccc2C(C)C)N1CCCCN. The van der Waals surface area contributed by atoms with Crippen molar-refractivity contribution in [1.29, 1.82) is 0 Å². The summed E-state index contributed by atoms with van der Waals surface area (Å²) in [6.45, 7) is 10.9. The van der Waals surface area contributed by atoms with Crippen LogP contribution in [0.4, 0.5) is 0 Å². The molecule has 0 aliphatic carbocycles. The summed E-state index contributed by atoms with van der Waals surface area (Å²) in [7, 11) is 0. The molecule has 4 heteroatoms. The number of rotatable bonds is 8. The maximum absolute atomic E-state index is 5.82. The molecule has 3 heterocycles. The summed E-state index contributed by atoms with van der Waals surface area (Å²) in [4.78, 5) is 12.5. The fourth-order valence-electron chi connectivity index (χ4n) is 4.78. The molecule has 0 radical (unpaired) electrons. The van der Waals surface area contributed by atoms with Gasteiger partial charge in [0.1, 0.15) is 0 Å². The van der Waals surface area contributed by atoms with Gasteiger partial charge in [-0.2, -0.15) is 0 Å². The maximum atomic E-state index is 5.82. The monoisotopic (exact) mass is 394 g/mol. The molecule has 29 heavy (non-hydrogen) atoms. The Morgan fingerprint density at radius 2 is 1.41 bits per heavy atom. The number of aromatic nitrogens is 2.